The smallest absolute Gasteiger partial charge is 0.326 e. The first-order valence-corrected chi connectivity index (χ1v) is 32.6. The van der Waals surface area contributed by atoms with Crippen molar-refractivity contribution in [2.24, 2.45) is 51.6 Å². The molecule has 0 aromatic rings. The third kappa shape index (κ3) is 38.9. The van der Waals surface area contributed by atoms with Crippen molar-refractivity contribution in [3.05, 3.63) is 0 Å². The van der Waals surface area contributed by atoms with E-state index in [1.807, 2.05) is 0 Å². The Morgan fingerprint density at radius 3 is 0.990 bits per heavy atom. The van der Waals surface area contributed by atoms with Crippen LogP contribution >= 0.6 is 0 Å². The van der Waals surface area contributed by atoms with Crippen LogP contribution in [-0.2, 0) is 81.5 Å². The minimum absolute atomic E-state index is 0.00803. The summed E-state index contributed by atoms with van der Waals surface area (Å²) in [6.07, 6.45) is -8.20. The van der Waals surface area contributed by atoms with Crippen LogP contribution in [0, 0.1) is 23.7 Å². The van der Waals surface area contributed by atoms with E-state index in [1.54, 1.807) is 55.4 Å². The number of aliphatic hydroxyl groups is 1. The van der Waals surface area contributed by atoms with Crippen molar-refractivity contribution < 1.29 is 112 Å². The van der Waals surface area contributed by atoms with Crippen molar-refractivity contribution in [1.29, 1.82) is 0 Å². The summed E-state index contributed by atoms with van der Waals surface area (Å²) >= 11 is 0. The summed E-state index contributed by atoms with van der Waals surface area (Å²) in [4.78, 5) is 226. The molecule has 0 saturated carbocycles. The summed E-state index contributed by atoms with van der Waals surface area (Å²) in [5, 5.41) is 84.0. The number of primary amides is 1. The molecule has 12 amide bonds. The normalized spacial score (nSPS) is 14.8. The third-order valence-corrected chi connectivity index (χ3v) is 14.6. The Bertz CT molecular complexity index is 2870. The number of aliphatic carboxylic acids is 5. The van der Waals surface area contributed by atoms with Gasteiger partial charge in [0.15, 0.2) is 5.96 Å². The maximum absolute atomic E-state index is 14.3. The van der Waals surface area contributed by atoms with Crippen molar-refractivity contribution in [3.8, 4) is 0 Å². The molecule has 0 aliphatic rings. The standard InChI is InChI=1S/C61H104N16O23/c1-28(2)23-39(51(90)67-27-44(80)68-34(14-19-46(83)84)52(91)69-36(15-20-47(85)86)54(93)72-38(60(99)100)11-10-22-66-61(64)65)74-57(96)40(24-29(3)4)75-55(94)37(16-21-48(87)88)70-53(92)35(13-17-43(63)79)71-56(95)41(25-30(5)6)76-59(98)49(32(9)78)77-58(97)42(26-31(7)8)73-50(89)33(62)12-18-45(81)82/h28-42,49,78H,10-27,62H2,1-9H3,(H2,63,79)(H,67,90)(H,68,80)(H,69,91)(H,70,92)(H,71,95)(H,72,93)(H,73,89)(H,74,96)(H,75,94)(H,76,98)(H,77,97)(H,81,82)(H,83,84)(H,85,86)(H,87,88)(H,99,100)(H4,64,65,66)/t32-,33+,34+,35+,36+,37+,38+,39+,40+,41+,42+,49+/m1/s1. The first kappa shape index (κ1) is 90.2. The number of rotatable bonds is 51. The molecule has 0 aromatic heterocycles. The molecule has 0 aliphatic heterocycles. The van der Waals surface area contributed by atoms with Crippen molar-refractivity contribution in [3.63, 3.8) is 0 Å². The number of nitrogens with zero attached hydrogens (tertiary/aromatic N) is 1. The highest BCUT2D eigenvalue weighted by Gasteiger charge is 2.38. The molecule has 39 nitrogen and oxygen atoms in total. The van der Waals surface area contributed by atoms with Crippen LogP contribution in [0.4, 0.5) is 0 Å². The molecule has 0 spiro atoms. The van der Waals surface area contributed by atoms with E-state index in [1.165, 1.54) is 0 Å². The van der Waals surface area contributed by atoms with Gasteiger partial charge in [-0.1, -0.05) is 55.4 Å². The van der Waals surface area contributed by atoms with E-state index in [2.05, 4.69) is 63.5 Å². The predicted octanol–water partition coefficient (Wildman–Crippen LogP) is -5.29. The number of aliphatic imine (C=N–C) groups is 1. The van der Waals surface area contributed by atoms with Gasteiger partial charge in [0.05, 0.1) is 18.7 Å². The van der Waals surface area contributed by atoms with Gasteiger partial charge in [0.1, 0.15) is 60.4 Å². The Morgan fingerprint density at radius 1 is 0.350 bits per heavy atom. The number of carbonyl (C=O) groups is 17. The van der Waals surface area contributed by atoms with Crippen molar-refractivity contribution in [1.82, 2.24) is 58.5 Å². The molecule has 100 heavy (non-hydrogen) atoms. The number of carbonyl (C=O) groups excluding carboxylic acids is 12. The number of guanidine groups is 1. The monoisotopic (exact) mass is 1430 g/mol. The van der Waals surface area contributed by atoms with E-state index in [0.29, 0.717) is 0 Å². The Labute approximate surface area is 577 Å². The molecule has 0 saturated heterocycles. The number of carboxylic acid groups (broad SMARTS) is 5. The maximum Gasteiger partial charge on any atom is 0.326 e. The van der Waals surface area contributed by atoms with Gasteiger partial charge in [-0.3, -0.25) is 81.7 Å². The molecule has 566 valence electrons. The lowest BCUT2D eigenvalue weighted by Gasteiger charge is -2.29. The number of hydrogen-bond acceptors (Lipinski definition) is 20. The van der Waals surface area contributed by atoms with Crippen LogP contribution in [0.2, 0.25) is 0 Å². The van der Waals surface area contributed by atoms with Crippen LogP contribution < -0.4 is 81.4 Å². The van der Waals surface area contributed by atoms with Crippen LogP contribution in [0.3, 0.4) is 0 Å². The number of amides is 12. The van der Waals surface area contributed by atoms with E-state index < -0.39 is 244 Å². The van der Waals surface area contributed by atoms with E-state index in [9.17, 15) is 107 Å². The van der Waals surface area contributed by atoms with Gasteiger partial charge in [-0.05, 0) is 101 Å². The Hall–Kier alpha value is -9.82. The molecule has 0 radical (unpaired) electrons. The van der Waals surface area contributed by atoms with E-state index in [4.69, 9.17) is 28.0 Å². The highest BCUT2D eigenvalue weighted by Crippen LogP contribution is 2.15. The topological polar surface area (TPSA) is 660 Å². The Kier molecular flexibility index (Phi) is 41.9. The number of carboxylic acids is 5. The molecular weight excluding hydrogens is 1320 g/mol. The minimum Gasteiger partial charge on any atom is -0.481 e. The largest absolute Gasteiger partial charge is 0.481 e. The van der Waals surface area contributed by atoms with Gasteiger partial charge in [0.25, 0.3) is 0 Å². The van der Waals surface area contributed by atoms with Crippen molar-refractivity contribution >= 4 is 107 Å². The van der Waals surface area contributed by atoms with Crippen molar-refractivity contribution in [2.45, 2.75) is 238 Å². The Balaban J connectivity index is 6.86. The molecule has 0 aromatic carbocycles. The van der Waals surface area contributed by atoms with E-state index in [0.717, 1.165) is 6.92 Å². The summed E-state index contributed by atoms with van der Waals surface area (Å²) in [6.45, 7) is 13.5. The van der Waals surface area contributed by atoms with Gasteiger partial charge >= 0.3 is 29.8 Å². The molecular formula is C61H104N16O23. The van der Waals surface area contributed by atoms with Gasteiger partial charge in [0.2, 0.25) is 70.9 Å². The van der Waals surface area contributed by atoms with Crippen LogP contribution in [0.25, 0.3) is 0 Å². The Morgan fingerprint density at radius 2 is 0.650 bits per heavy atom. The van der Waals surface area contributed by atoms with E-state index >= 15 is 0 Å². The number of nitrogens with two attached hydrogens (primary N) is 4. The maximum atomic E-state index is 14.3. The highest BCUT2D eigenvalue weighted by atomic mass is 16.4. The number of hydrogen-bond donors (Lipinski definition) is 21. The second kappa shape index (κ2) is 46.5. The molecule has 0 unspecified atom stereocenters. The molecule has 39 heteroatoms. The van der Waals surface area contributed by atoms with Gasteiger partial charge in [-0.15, -0.1) is 0 Å². The van der Waals surface area contributed by atoms with E-state index in [-0.39, 0.29) is 75.2 Å². The van der Waals surface area contributed by atoms with Crippen LogP contribution in [0.15, 0.2) is 4.99 Å². The summed E-state index contributed by atoms with van der Waals surface area (Å²) < 4.78 is 0. The molecule has 0 heterocycles. The second-order valence-electron chi connectivity index (χ2n) is 25.7. The fourth-order valence-corrected chi connectivity index (χ4v) is 9.52. The van der Waals surface area contributed by atoms with Crippen LogP contribution in [-0.4, -0.2) is 223 Å². The van der Waals surface area contributed by atoms with Gasteiger partial charge in [0, 0.05) is 38.6 Å². The predicted molar refractivity (Wildman–Crippen MR) is 353 cm³/mol. The first-order valence-electron chi connectivity index (χ1n) is 32.6. The quantitative estimate of drug-likeness (QED) is 0.0154. The average molecular weight is 1430 g/mol. The van der Waals surface area contributed by atoms with Crippen LogP contribution in [0.1, 0.15) is 165 Å². The molecule has 12 atom stereocenters. The van der Waals surface area contributed by atoms with Crippen molar-refractivity contribution in [2.75, 3.05) is 13.1 Å². The molecule has 0 fully saturated rings. The number of aliphatic hydroxyl groups excluding tert-OH is 1. The zero-order valence-corrected chi connectivity index (χ0v) is 57.8. The highest BCUT2D eigenvalue weighted by molar-refractivity contribution is 5.99. The van der Waals surface area contributed by atoms with Gasteiger partial charge < -0.3 is 112 Å². The fraction of sp³-hybridized carbons (Fsp3) is 0.705. The number of nitrogens with one attached hydrogen (secondary N) is 11. The lowest BCUT2D eigenvalue weighted by atomic mass is 9.99. The summed E-state index contributed by atoms with van der Waals surface area (Å²) in [5.74, 6) is -21.5. The third-order valence-electron chi connectivity index (χ3n) is 14.6. The molecule has 25 N–H and O–H groups in total. The first-order chi connectivity index (χ1) is 46.4. The SMILES string of the molecule is CC(C)C[C@H](NC(=O)[C@H](CC(C)C)NC(=O)[C@H](CCC(=O)O)NC(=O)[C@H](CCC(N)=O)NC(=O)[C@H](CC(C)C)NC(=O)[C@@H](NC(=O)[C@H](CC(C)C)NC(=O)[C@@H](N)CCC(=O)O)[C@@H](C)O)C(=O)NCC(=O)N[C@@H](CCC(=O)O)C(=O)N[C@@H](CCC(=O)O)C(=O)N[C@@H](CCCN=C(N)N)C(=O)O. The zero-order valence-electron chi connectivity index (χ0n) is 57.8. The second-order valence-corrected chi connectivity index (χ2v) is 25.7. The van der Waals surface area contributed by atoms with Gasteiger partial charge in [-0.2, -0.15) is 0 Å². The van der Waals surface area contributed by atoms with Crippen LogP contribution in [0.5, 0.6) is 0 Å². The average Bonchev–Trinajstić information content (AvgIpc) is 0.861. The summed E-state index contributed by atoms with van der Waals surface area (Å²) in [7, 11) is 0. The minimum atomic E-state index is -1.81. The summed E-state index contributed by atoms with van der Waals surface area (Å²) in [6, 6.07) is -17.7. The summed E-state index contributed by atoms with van der Waals surface area (Å²) in [5.41, 5.74) is 21.9. The fourth-order valence-electron chi connectivity index (χ4n) is 9.52. The molecule has 0 rings (SSSR count). The molecule has 0 aliphatic carbocycles. The van der Waals surface area contributed by atoms with Gasteiger partial charge in [-0.25, -0.2) is 4.79 Å². The lowest BCUT2D eigenvalue weighted by Crippen LogP contribution is -2.62. The molecule has 0 bridgehead atoms. The zero-order chi connectivity index (χ0) is 76.8. The lowest BCUT2D eigenvalue weighted by molar-refractivity contribution is -0.143.